The van der Waals surface area contributed by atoms with E-state index in [-0.39, 0.29) is 13.2 Å². The molecule has 0 spiro atoms. The molecule has 1 heterocycles. The van der Waals surface area contributed by atoms with E-state index in [1.165, 1.54) is 0 Å². The molecular formula is C24H31NO6. The molecule has 0 bridgehead atoms. The molecule has 0 aliphatic carbocycles. The fourth-order valence-electron chi connectivity index (χ4n) is 4.01. The number of hydrogen-bond acceptors (Lipinski definition) is 6. The summed E-state index contributed by atoms with van der Waals surface area (Å²) in [5.74, 6) is 0.735. The lowest BCUT2D eigenvalue weighted by Crippen LogP contribution is -2.57. The minimum atomic E-state index is -0.831. The fraction of sp³-hybridized carbons (Fsp3) is 0.458. The van der Waals surface area contributed by atoms with E-state index in [2.05, 4.69) is 0 Å². The summed E-state index contributed by atoms with van der Waals surface area (Å²) in [5, 5.41) is 10.4. The standard InChI is InChI=1S/C24H31NO6/c1-17(26)22-24(2,14-21(29-4)31-22)25(15-18-10-12-20(28-3)13-11-18)23(27)30-16-19-8-6-5-7-9-19/h5-13,17,21-22,26H,14-16H2,1-4H3/t17-,21?,22+,24-/m0/s1. The molecule has 4 atom stereocenters. The Labute approximate surface area is 183 Å². The summed E-state index contributed by atoms with van der Waals surface area (Å²) in [6, 6.07) is 17.0. The number of ether oxygens (including phenoxy) is 4. The first-order valence-electron chi connectivity index (χ1n) is 10.3. The molecule has 7 heteroatoms. The van der Waals surface area contributed by atoms with Gasteiger partial charge in [-0.2, -0.15) is 0 Å². The molecule has 1 fully saturated rings. The lowest BCUT2D eigenvalue weighted by atomic mass is 9.88. The van der Waals surface area contributed by atoms with Gasteiger partial charge in [-0.15, -0.1) is 0 Å². The fourth-order valence-corrected chi connectivity index (χ4v) is 4.01. The molecule has 0 aromatic heterocycles. The lowest BCUT2D eigenvalue weighted by Gasteiger charge is -2.41. The molecule has 1 saturated heterocycles. The van der Waals surface area contributed by atoms with E-state index < -0.39 is 30.1 Å². The maximum atomic E-state index is 13.3. The van der Waals surface area contributed by atoms with Gasteiger partial charge in [0.05, 0.1) is 18.8 Å². The molecular weight excluding hydrogens is 398 g/mol. The Morgan fingerprint density at radius 1 is 1.16 bits per heavy atom. The van der Waals surface area contributed by atoms with E-state index >= 15 is 0 Å². The average molecular weight is 430 g/mol. The Bertz CT molecular complexity index is 841. The van der Waals surface area contributed by atoms with Crippen LogP contribution < -0.4 is 4.74 Å². The maximum Gasteiger partial charge on any atom is 0.410 e. The van der Waals surface area contributed by atoms with Crippen LogP contribution in [0.4, 0.5) is 4.79 Å². The summed E-state index contributed by atoms with van der Waals surface area (Å²) in [6.07, 6.45) is -2.01. The van der Waals surface area contributed by atoms with Crippen molar-refractivity contribution in [3.05, 3.63) is 65.7 Å². The Balaban J connectivity index is 1.87. The molecule has 1 aliphatic heterocycles. The molecule has 0 radical (unpaired) electrons. The summed E-state index contributed by atoms with van der Waals surface area (Å²) >= 11 is 0. The van der Waals surface area contributed by atoms with E-state index in [0.717, 1.165) is 16.9 Å². The Morgan fingerprint density at radius 2 is 1.84 bits per heavy atom. The van der Waals surface area contributed by atoms with Crippen LogP contribution in [0.3, 0.4) is 0 Å². The highest BCUT2D eigenvalue weighted by molar-refractivity contribution is 5.69. The van der Waals surface area contributed by atoms with E-state index in [9.17, 15) is 9.90 Å². The van der Waals surface area contributed by atoms with Crippen LogP contribution in [0.15, 0.2) is 54.6 Å². The molecule has 3 rings (SSSR count). The predicted molar refractivity (Wildman–Crippen MR) is 116 cm³/mol. The van der Waals surface area contributed by atoms with Crippen LogP contribution in [0, 0.1) is 0 Å². The van der Waals surface area contributed by atoms with Crippen LogP contribution in [0.5, 0.6) is 5.75 Å². The van der Waals surface area contributed by atoms with Crippen LogP contribution in [-0.4, -0.2) is 54.4 Å². The molecule has 1 aliphatic rings. The van der Waals surface area contributed by atoms with Crippen LogP contribution >= 0.6 is 0 Å². The second kappa shape index (κ2) is 10.1. The Hall–Kier alpha value is -2.61. The van der Waals surface area contributed by atoms with Crippen molar-refractivity contribution in [1.29, 1.82) is 0 Å². The number of methoxy groups -OCH3 is 2. The van der Waals surface area contributed by atoms with Crippen LogP contribution in [-0.2, 0) is 27.4 Å². The number of carbonyl (C=O) groups excluding carboxylic acids is 1. The topological polar surface area (TPSA) is 77.5 Å². The highest BCUT2D eigenvalue weighted by Gasteiger charge is 2.53. The number of aliphatic hydroxyl groups is 1. The third-order valence-corrected chi connectivity index (χ3v) is 5.73. The van der Waals surface area contributed by atoms with Crippen molar-refractivity contribution in [1.82, 2.24) is 4.90 Å². The second-order valence-corrected chi connectivity index (χ2v) is 8.00. The van der Waals surface area contributed by atoms with Crippen LogP contribution in [0.1, 0.15) is 31.4 Å². The van der Waals surface area contributed by atoms with Gasteiger partial charge in [0.2, 0.25) is 0 Å². The van der Waals surface area contributed by atoms with Gasteiger partial charge in [0.1, 0.15) is 18.5 Å². The zero-order valence-electron chi connectivity index (χ0n) is 18.5. The third kappa shape index (κ3) is 5.36. The third-order valence-electron chi connectivity index (χ3n) is 5.73. The average Bonchev–Trinajstić information content (AvgIpc) is 3.14. The molecule has 1 unspecified atom stereocenters. The van der Waals surface area contributed by atoms with Crippen molar-refractivity contribution in [2.24, 2.45) is 0 Å². The Kier molecular flexibility index (Phi) is 7.54. The molecule has 168 valence electrons. The van der Waals surface area contributed by atoms with Crippen molar-refractivity contribution >= 4 is 6.09 Å². The highest BCUT2D eigenvalue weighted by Crippen LogP contribution is 2.39. The molecule has 31 heavy (non-hydrogen) atoms. The van der Waals surface area contributed by atoms with E-state index in [1.807, 2.05) is 61.5 Å². The number of nitrogens with zero attached hydrogens (tertiary/aromatic N) is 1. The van der Waals surface area contributed by atoms with Crippen molar-refractivity contribution in [3.8, 4) is 5.75 Å². The number of hydrogen-bond donors (Lipinski definition) is 1. The van der Waals surface area contributed by atoms with Gasteiger partial charge in [-0.05, 0) is 37.1 Å². The number of benzene rings is 2. The number of rotatable bonds is 8. The molecule has 1 amide bonds. The first-order valence-corrected chi connectivity index (χ1v) is 10.3. The van der Waals surface area contributed by atoms with Crippen molar-refractivity contribution < 1.29 is 28.8 Å². The minimum Gasteiger partial charge on any atom is -0.497 e. The van der Waals surface area contributed by atoms with E-state index in [1.54, 1.807) is 26.0 Å². The van der Waals surface area contributed by atoms with Crippen molar-refractivity contribution in [2.45, 2.75) is 57.5 Å². The number of carbonyl (C=O) groups is 1. The Morgan fingerprint density at radius 3 is 2.42 bits per heavy atom. The zero-order chi connectivity index (χ0) is 22.4. The summed E-state index contributed by atoms with van der Waals surface area (Å²) in [4.78, 5) is 14.9. The summed E-state index contributed by atoms with van der Waals surface area (Å²) in [7, 11) is 3.16. The van der Waals surface area contributed by atoms with Gasteiger partial charge in [-0.3, -0.25) is 4.90 Å². The first kappa shape index (κ1) is 23.1. The lowest BCUT2D eigenvalue weighted by molar-refractivity contribution is -0.144. The van der Waals surface area contributed by atoms with E-state index in [0.29, 0.717) is 6.42 Å². The first-order chi connectivity index (χ1) is 14.9. The largest absolute Gasteiger partial charge is 0.497 e. The van der Waals surface area contributed by atoms with E-state index in [4.69, 9.17) is 18.9 Å². The van der Waals surface area contributed by atoms with Gasteiger partial charge < -0.3 is 24.1 Å². The van der Waals surface area contributed by atoms with Gasteiger partial charge in [0, 0.05) is 20.1 Å². The quantitative estimate of drug-likeness (QED) is 0.689. The van der Waals surface area contributed by atoms with Gasteiger partial charge in [0.25, 0.3) is 0 Å². The van der Waals surface area contributed by atoms with Crippen LogP contribution in [0.2, 0.25) is 0 Å². The summed E-state index contributed by atoms with van der Waals surface area (Å²) in [5.41, 5.74) is 0.974. The van der Waals surface area contributed by atoms with Gasteiger partial charge >= 0.3 is 6.09 Å². The number of aliphatic hydroxyl groups excluding tert-OH is 1. The van der Waals surface area contributed by atoms with Crippen molar-refractivity contribution in [2.75, 3.05) is 14.2 Å². The van der Waals surface area contributed by atoms with Gasteiger partial charge in [0.15, 0.2) is 6.29 Å². The molecule has 1 N–H and O–H groups in total. The molecule has 0 saturated carbocycles. The van der Waals surface area contributed by atoms with Crippen molar-refractivity contribution in [3.63, 3.8) is 0 Å². The molecule has 2 aromatic carbocycles. The van der Waals surface area contributed by atoms with Gasteiger partial charge in [-0.25, -0.2) is 4.79 Å². The predicted octanol–water partition coefficient (Wildman–Crippen LogP) is 3.73. The smallest absolute Gasteiger partial charge is 0.410 e. The SMILES string of the molecule is COc1ccc(CN(C(=O)OCc2ccccc2)[C@@]2(C)CC(OC)O[C@@H]2[C@H](C)O)cc1. The maximum absolute atomic E-state index is 13.3. The molecule has 2 aromatic rings. The monoisotopic (exact) mass is 429 g/mol. The highest BCUT2D eigenvalue weighted by atomic mass is 16.7. The molecule has 7 nitrogen and oxygen atoms in total. The van der Waals surface area contributed by atoms with Crippen LogP contribution in [0.25, 0.3) is 0 Å². The normalized spacial score (nSPS) is 23.9. The second-order valence-electron chi connectivity index (χ2n) is 8.00. The summed E-state index contributed by atoms with van der Waals surface area (Å²) < 4.78 is 22.2. The number of amides is 1. The summed E-state index contributed by atoms with van der Waals surface area (Å²) in [6.45, 7) is 4.00. The minimum absolute atomic E-state index is 0.156. The zero-order valence-corrected chi connectivity index (χ0v) is 18.5. The van der Waals surface area contributed by atoms with Gasteiger partial charge in [-0.1, -0.05) is 42.5 Å².